The molecule has 11 rings (SSSR count). The molecule has 0 aliphatic heterocycles. The predicted octanol–water partition coefficient (Wildman–Crippen LogP) is -22.2. The minimum Gasteiger partial charge on any atom is -0.456 e. The number of hydrogen-bond acceptors (Lipinski definition) is 1. The first kappa shape index (κ1) is 48.9. The van der Waals surface area contributed by atoms with Gasteiger partial charge in [0, 0.05) is 10.8 Å². The highest BCUT2D eigenvalue weighted by atomic mass is 16.3. The topological polar surface area (TPSA) is 13.1 Å². The van der Waals surface area contributed by atoms with Gasteiger partial charge in [-0.15, -0.1) is 43.7 Å². The van der Waals surface area contributed by atoms with Gasteiger partial charge in [-0.2, -0.15) is 0 Å². The summed E-state index contributed by atoms with van der Waals surface area (Å²) in [5, 5.41) is 16.1. The number of hydrogen-bond donors (Lipinski definition) is 0. The van der Waals surface area contributed by atoms with Gasteiger partial charge in [-0.05, 0) is 112 Å². The quantitative estimate of drug-likeness (QED) is 0.0978. The zero-order valence-electron chi connectivity index (χ0n) is 47.1. The van der Waals surface area contributed by atoms with E-state index in [0.717, 1.165) is 16.6 Å². The lowest BCUT2D eigenvalue weighted by molar-refractivity contribution is 0.669. The summed E-state index contributed by atoms with van der Waals surface area (Å²) in [4.78, 5) is 0. The molecule has 1 aromatic heterocycles. The lowest BCUT2D eigenvalue weighted by Gasteiger charge is -2.33. The molecular formula is C50H51B21O. The van der Waals surface area contributed by atoms with Gasteiger partial charge in [-0.1, -0.05) is 101 Å². The molecule has 0 atom stereocenters. The van der Waals surface area contributed by atoms with E-state index < -0.39 is 0 Å². The van der Waals surface area contributed by atoms with Crippen molar-refractivity contribution in [2.24, 2.45) is 0 Å². The Bertz CT molecular complexity index is 4300. The van der Waals surface area contributed by atoms with E-state index in [4.69, 9.17) is 4.42 Å². The Balaban J connectivity index is 1.34. The van der Waals surface area contributed by atoms with Gasteiger partial charge < -0.3 is 4.42 Å². The molecule has 10 aromatic carbocycles. The van der Waals surface area contributed by atoms with Crippen molar-refractivity contribution in [3.63, 3.8) is 0 Å². The molecular weight excluding hydrogens is 844 g/mol. The minimum atomic E-state index is 0.931. The summed E-state index contributed by atoms with van der Waals surface area (Å²) in [6, 6.07) is 20.0. The number of furan rings is 1. The van der Waals surface area contributed by atoms with Gasteiger partial charge >= 0.3 is 0 Å². The van der Waals surface area contributed by atoms with Crippen LogP contribution in [0.5, 0.6) is 0 Å². The third-order valence-corrected chi connectivity index (χ3v) is 19.8. The van der Waals surface area contributed by atoms with Crippen molar-refractivity contribution in [3.8, 4) is 33.4 Å². The summed E-state index contributed by atoms with van der Waals surface area (Å²) >= 11 is 0. The standard InChI is InChI=1S/C50H51B21O/c51-30-20(25-26(38(59)48(69)47(68)37(25)58)27-29(30)42(63)50(71)49(70)39(27)60)18-21-23(35(56)45(66)43(64)33(21)54)19(24-22(18)34(55)44(65)46(67)36(24)57)28-40(61)31(52)17(32(53)41(28)62)12-5-6-13-14-7-10-3-1-2-4-11(10)8-16(14)72-15(13)9-12/h1-9H,51-71H2. The van der Waals surface area contributed by atoms with Crippen LogP contribution in [0, 0.1) is 0 Å². The number of benzene rings is 10. The van der Waals surface area contributed by atoms with Gasteiger partial charge in [-0.25, -0.2) is 0 Å². The smallest absolute Gasteiger partial charge is 0.140 e. The van der Waals surface area contributed by atoms with Crippen LogP contribution in [0.3, 0.4) is 0 Å². The van der Waals surface area contributed by atoms with Crippen LogP contribution in [0.25, 0.3) is 109 Å². The van der Waals surface area contributed by atoms with Crippen LogP contribution in [0.15, 0.2) is 59.0 Å². The van der Waals surface area contributed by atoms with Crippen molar-refractivity contribution in [3.05, 3.63) is 54.6 Å². The molecule has 1 nitrogen and oxygen atoms in total. The van der Waals surface area contributed by atoms with E-state index in [1.54, 1.807) is 0 Å². The summed E-state index contributed by atoms with van der Waals surface area (Å²) in [7, 11) is 50.1. The third kappa shape index (κ3) is 6.38. The van der Waals surface area contributed by atoms with E-state index in [1.807, 2.05) is 0 Å². The molecule has 0 aliphatic rings. The highest BCUT2D eigenvalue weighted by Crippen LogP contribution is 2.42. The fourth-order valence-electron chi connectivity index (χ4n) is 14.0. The monoisotopic (exact) mass is 899 g/mol. The summed E-state index contributed by atoms with van der Waals surface area (Å²) in [6.45, 7) is 0. The van der Waals surface area contributed by atoms with Crippen LogP contribution >= 0.6 is 0 Å². The maximum Gasteiger partial charge on any atom is 0.140 e. The molecule has 72 heavy (non-hydrogen) atoms. The Labute approximate surface area is 444 Å². The maximum atomic E-state index is 6.70. The van der Waals surface area contributed by atoms with Gasteiger partial charge in [0.05, 0.1) is 0 Å². The first-order valence-electron chi connectivity index (χ1n) is 26.4. The summed E-state index contributed by atoms with van der Waals surface area (Å²) in [5.74, 6) is 0. The molecule has 0 fully saturated rings. The van der Waals surface area contributed by atoms with Gasteiger partial charge in [-0.3, -0.25) is 0 Å². The van der Waals surface area contributed by atoms with E-state index in [1.165, 1.54) is 207 Å². The largest absolute Gasteiger partial charge is 0.456 e. The van der Waals surface area contributed by atoms with Crippen LogP contribution in [-0.2, 0) is 0 Å². The van der Waals surface area contributed by atoms with E-state index in [9.17, 15) is 0 Å². The molecule has 0 N–H and O–H groups in total. The Kier molecular flexibility index (Phi) is 11.4. The zero-order chi connectivity index (χ0) is 51.7. The Hall–Kier alpha value is -5.34. The Morgan fingerprint density at radius 2 is 0.556 bits per heavy atom. The van der Waals surface area contributed by atoms with Crippen LogP contribution < -0.4 is 115 Å². The van der Waals surface area contributed by atoms with Gasteiger partial charge in [0.1, 0.15) is 176 Å². The van der Waals surface area contributed by atoms with Crippen molar-refractivity contribution in [2.45, 2.75) is 0 Å². The van der Waals surface area contributed by atoms with E-state index in [-0.39, 0.29) is 0 Å². The molecule has 22 heteroatoms. The fraction of sp³-hybridized carbons (Fsp3) is 0. The number of fused-ring (bicyclic) bond motifs is 9. The maximum absolute atomic E-state index is 6.70. The van der Waals surface area contributed by atoms with Gasteiger partial charge in [0.25, 0.3) is 0 Å². The van der Waals surface area contributed by atoms with Crippen LogP contribution in [0.2, 0.25) is 0 Å². The molecule has 0 saturated heterocycles. The van der Waals surface area contributed by atoms with Crippen molar-refractivity contribution >= 4 is 355 Å². The Morgan fingerprint density at radius 1 is 0.222 bits per heavy atom. The molecule has 1 heterocycles. The van der Waals surface area contributed by atoms with Gasteiger partial charge in [0.2, 0.25) is 0 Å². The minimum absolute atomic E-state index is 0.931. The number of rotatable bonds is 3. The zero-order valence-corrected chi connectivity index (χ0v) is 47.1. The molecule has 0 amide bonds. The van der Waals surface area contributed by atoms with Crippen LogP contribution in [-0.4, -0.2) is 165 Å². The molecule has 320 valence electrons. The second-order valence-electron chi connectivity index (χ2n) is 22.5. The lowest BCUT2D eigenvalue weighted by atomic mass is 9.56. The van der Waals surface area contributed by atoms with Crippen LogP contribution in [0.1, 0.15) is 0 Å². The fourth-order valence-corrected chi connectivity index (χ4v) is 14.0. The second-order valence-corrected chi connectivity index (χ2v) is 22.5. The van der Waals surface area contributed by atoms with Gasteiger partial charge in [0.15, 0.2) is 0 Å². The highest BCUT2D eigenvalue weighted by molar-refractivity contribution is 6.77. The summed E-state index contributed by atoms with van der Waals surface area (Å²) < 4.78 is 6.70. The Morgan fingerprint density at radius 3 is 1.00 bits per heavy atom. The summed E-state index contributed by atoms with van der Waals surface area (Å²) in [6.07, 6.45) is 0. The molecule has 0 aliphatic carbocycles. The van der Waals surface area contributed by atoms with Crippen LogP contribution in [0.4, 0.5) is 0 Å². The summed E-state index contributed by atoms with van der Waals surface area (Å²) in [5.41, 5.74) is 39.0. The van der Waals surface area contributed by atoms with Crippen molar-refractivity contribution < 1.29 is 4.42 Å². The normalized spacial score (nSPS) is 11.9. The van der Waals surface area contributed by atoms with E-state index in [2.05, 4.69) is 219 Å². The SMILES string of the molecule is Bc1c(B)c(-c2c3c(B)c(B)c(B)c(B)c3c(-c3c(B)c4c(B)c(B)c(B)c(B)c4c4c(B)c(B)c(B)c(B)c34)c3c(B)c(B)c(B)c(B)c23)c(B)c(B)c1-c1ccc2c(c1)oc1cc3ccccc3cc12. The molecule has 0 spiro atoms. The average Bonchev–Trinajstić information content (AvgIpc) is 3.72. The lowest BCUT2D eigenvalue weighted by Crippen LogP contribution is -2.52. The highest BCUT2D eigenvalue weighted by Gasteiger charge is 2.31. The first-order chi connectivity index (χ1) is 34.0. The molecule has 0 bridgehead atoms. The third-order valence-electron chi connectivity index (χ3n) is 19.8. The van der Waals surface area contributed by atoms with Crippen molar-refractivity contribution in [1.82, 2.24) is 0 Å². The second kappa shape index (κ2) is 16.8. The molecule has 0 saturated carbocycles. The van der Waals surface area contributed by atoms with Crippen molar-refractivity contribution in [2.75, 3.05) is 0 Å². The predicted molar refractivity (Wildman–Crippen MR) is 389 cm³/mol. The van der Waals surface area contributed by atoms with E-state index in [0.29, 0.717) is 0 Å². The average molecular weight is 895 g/mol. The molecule has 11 aromatic rings. The van der Waals surface area contributed by atoms with E-state index >= 15 is 0 Å². The first-order valence-corrected chi connectivity index (χ1v) is 26.4. The molecule has 0 unspecified atom stereocenters. The molecule has 0 radical (unpaired) electrons. The van der Waals surface area contributed by atoms with Crippen molar-refractivity contribution in [1.29, 1.82) is 0 Å².